The molecular weight excluding hydrogens is 462 g/mol. The Hall–Kier alpha value is -3.57. The number of nitrogens with zero attached hydrogens (tertiary/aromatic N) is 1. The molecule has 1 unspecified atom stereocenters. The molecule has 2 aromatic carbocycles. The Morgan fingerprint density at radius 2 is 1.79 bits per heavy atom. The lowest BCUT2D eigenvalue weighted by atomic mass is 10.1. The van der Waals surface area contributed by atoms with E-state index in [4.69, 9.17) is 13.9 Å². The second-order valence-electron chi connectivity index (χ2n) is 8.07. The van der Waals surface area contributed by atoms with E-state index in [9.17, 15) is 18.0 Å². The third-order valence-corrected chi connectivity index (χ3v) is 7.88. The van der Waals surface area contributed by atoms with E-state index in [0.29, 0.717) is 48.7 Å². The largest absolute Gasteiger partial charge is 0.486 e. The molecule has 3 aromatic rings. The second-order valence-corrected chi connectivity index (χ2v) is 9.97. The maximum absolute atomic E-state index is 13.3. The molecule has 1 fully saturated rings. The minimum Gasteiger partial charge on any atom is -0.486 e. The highest BCUT2D eigenvalue weighted by Gasteiger charge is 2.40. The molecule has 5 rings (SSSR count). The van der Waals surface area contributed by atoms with Gasteiger partial charge in [-0.15, -0.1) is 0 Å². The van der Waals surface area contributed by atoms with Crippen LogP contribution in [0.25, 0.3) is 11.0 Å². The predicted molar refractivity (Wildman–Crippen MR) is 121 cm³/mol. The van der Waals surface area contributed by atoms with E-state index in [1.54, 1.807) is 25.1 Å². The van der Waals surface area contributed by atoms with Gasteiger partial charge in [0.15, 0.2) is 17.3 Å². The molecule has 1 atom stereocenters. The van der Waals surface area contributed by atoms with Crippen molar-refractivity contribution in [2.24, 2.45) is 0 Å². The number of fused-ring (bicyclic) bond motifs is 2. The van der Waals surface area contributed by atoms with Crippen LogP contribution < -0.4 is 20.3 Å². The van der Waals surface area contributed by atoms with Gasteiger partial charge in [0.2, 0.25) is 10.0 Å². The van der Waals surface area contributed by atoms with E-state index in [1.165, 1.54) is 12.1 Å². The summed E-state index contributed by atoms with van der Waals surface area (Å²) < 4.78 is 44.3. The number of rotatable bonds is 4. The minimum atomic E-state index is -3.98. The lowest BCUT2D eigenvalue weighted by Crippen LogP contribution is -2.51. The Kier molecular flexibility index (Phi) is 5.66. The smallest absolute Gasteiger partial charge is 0.305 e. The van der Waals surface area contributed by atoms with E-state index in [1.807, 2.05) is 12.1 Å². The number of nitrogens with one attached hydrogen (secondary N) is 2. The highest BCUT2D eigenvalue weighted by atomic mass is 32.2. The summed E-state index contributed by atoms with van der Waals surface area (Å²) in [6, 6.07) is 10.6. The van der Waals surface area contributed by atoms with Crippen LogP contribution in [-0.4, -0.2) is 50.3 Å². The van der Waals surface area contributed by atoms with E-state index in [2.05, 4.69) is 10.9 Å². The van der Waals surface area contributed by atoms with Gasteiger partial charge in [0.25, 0.3) is 5.91 Å². The molecule has 178 valence electrons. The van der Waals surface area contributed by atoms with E-state index < -0.39 is 27.9 Å². The van der Waals surface area contributed by atoms with Crippen molar-refractivity contribution < 1.29 is 31.9 Å². The first kappa shape index (κ1) is 22.2. The first-order valence-corrected chi connectivity index (χ1v) is 12.3. The molecule has 0 bridgehead atoms. The molecule has 10 nitrogen and oxygen atoms in total. The summed E-state index contributed by atoms with van der Waals surface area (Å²) in [5, 5.41) is 0.798. The number of sulfonamides is 1. The SMILES string of the molecule is Cc1c(C(=O)NNC(=O)C2CCCN2S(=O)(=O)c2ccc3c(c2)OCCO3)oc2ccccc12. The van der Waals surface area contributed by atoms with Gasteiger partial charge in [0, 0.05) is 23.6 Å². The number of para-hydroxylation sites is 1. The molecule has 0 radical (unpaired) electrons. The topological polar surface area (TPSA) is 127 Å². The van der Waals surface area contributed by atoms with Crippen LogP contribution in [0.15, 0.2) is 51.8 Å². The average Bonchev–Trinajstić information content (AvgIpc) is 3.48. The van der Waals surface area contributed by atoms with Gasteiger partial charge in [-0.2, -0.15) is 4.31 Å². The number of benzene rings is 2. The number of aryl methyl sites for hydroxylation is 1. The fourth-order valence-corrected chi connectivity index (χ4v) is 5.93. The molecule has 1 aromatic heterocycles. The second kappa shape index (κ2) is 8.65. The number of hydrazine groups is 1. The van der Waals surface area contributed by atoms with E-state index >= 15 is 0 Å². The number of carbonyl (C=O) groups excluding carboxylic acids is 2. The van der Waals surface area contributed by atoms with Crippen LogP contribution in [-0.2, 0) is 14.8 Å². The molecule has 3 heterocycles. The third kappa shape index (κ3) is 3.86. The Bertz CT molecular complexity index is 1380. The maximum atomic E-state index is 13.3. The molecule has 0 saturated carbocycles. The first-order chi connectivity index (χ1) is 16.4. The summed E-state index contributed by atoms with van der Waals surface area (Å²) in [5.74, 6) is -0.346. The van der Waals surface area contributed by atoms with Gasteiger partial charge in [0.1, 0.15) is 24.8 Å². The number of ether oxygens (including phenoxy) is 2. The quantitative estimate of drug-likeness (QED) is 0.542. The average molecular weight is 486 g/mol. The number of furan rings is 1. The van der Waals surface area contributed by atoms with Crippen molar-refractivity contribution in [2.75, 3.05) is 19.8 Å². The molecule has 34 heavy (non-hydrogen) atoms. The van der Waals surface area contributed by atoms with Crippen LogP contribution >= 0.6 is 0 Å². The number of hydrogen-bond acceptors (Lipinski definition) is 7. The summed E-state index contributed by atoms with van der Waals surface area (Å²) in [4.78, 5) is 25.5. The molecule has 0 aliphatic carbocycles. The van der Waals surface area contributed by atoms with Crippen molar-refractivity contribution in [2.45, 2.75) is 30.7 Å². The van der Waals surface area contributed by atoms with Crippen molar-refractivity contribution >= 4 is 32.8 Å². The predicted octanol–water partition coefficient (Wildman–Crippen LogP) is 2.13. The van der Waals surface area contributed by atoms with Gasteiger partial charge < -0.3 is 13.9 Å². The minimum absolute atomic E-state index is 0.0124. The highest BCUT2D eigenvalue weighted by molar-refractivity contribution is 7.89. The zero-order valence-electron chi connectivity index (χ0n) is 18.4. The maximum Gasteiger partial charge on any atom is 0.305 e. The number of amides is 2. The zero-order valence-corrected chi connectivity index (χ0v) is 19.2. The number of hydrogen-bond donors (Lipinski definition) is 2. The molecule has 0 spiro atoms. The van der Waals surface area contributed by atoms with Crippen LogP contribution in [0.3, 0.4) is 0 Å². The number of carbonyl (C=O) groups is 2. The Morgan fingerprint density at radius 3 is 2.59 bits per heavy atom. The molecule has 1 saturated heterocycles. The van der Waals surface area contributed by atoms with Crippen LogP contribution in [0.1, 0.15) is 29.0 Å². The van der Waals surface area contributed by atoms with Gasteiger partial charge in [-0.1, -0.05) is 18.2 Å². The van der Waals surface area contributed by atoms with Crippen LogP contribution in [0, 0.1) is 6.92 Å². The molecular formula is C23H23N3O7S. The molecule has 2 amide bonds. The normalized spacial score (nSPS) is 18.1. The van der Waals surface area contributed by atoms with Gasteiger partial charge in [-0.25, -0.2) is 8.42 Å². The Morgan fingerprint density at radius 1 is 1.03 bits per heavy atom. The van der Waals surface area contributed by atoms with Crippen molar-refractivity contribution in [1.82, 2.24) is 15.2 Å². The Balaban J connectivity index is 1.30. The summed E-state index contributed by atoms with van der Waals surface area (Å²) in [7, 11) is -3.98. The van der Waals surface area contributed by atoms with Gasteiger partial charge in [-0.05, 0) is 38.0 Å². The summed E-state index contributed by atoms with van der Waals surface area (Å²) >= 11 is 0. The van der Waals surface area contributed by atoms with Gasteiger partial charge >= 0.3 is 5.91 Å². The molecule has 11 heteroatoms. The monoisotopic (exact) mass is 485 g/mol. The van der Waals surface area contributed by atoms with Crippen molar-refractivity contribution in [3.8, 4) is 11.5 Å². The molecule has 2 N–H and O–H groups in total. The lowest BCUT2D eigenvalue weighted by molar-refractivity contribution is -0.125. The zero-order chi connectivity index (χ0) is 23.9. The van der Waals surface area contributed by atoms with Crippen LogP contribution in [0.5, 0.6) is 11.5 Å². The van der Waals surface area contributed by atoms with E-state index in [0.717, 1.165) is 9.69 Å². The van der Waals surface area contributed by atoms with E-state index in [-0.39, 0.29) is 17.2 Å². The summed E-state index contributed by atoms with van der Waals surface area (Å²) in [6.07, 6.45) is 0.841. The lowest BCUT2D eigenvalue weighted by Gasteiger charge is -2.24. The van der Waals surface area contributed by atoms with Gasteiger partial charge in [-0.3, -0.25) is 20.4 Å². The fraction of sp³-hybridized carbons (Fsp3) is 0.304. The van der Waals surface area contributed by atoms with Crippen molar-refractivity contribution in [1.29, 1.82) is 0 Å². The molecule has 2 aliphatic rings. The molecule has 2 aliphatic heterocycles. The third-order valence-electron chi connectivity index (χ3n) is 5.98. The van der Waals surface area contributed by atoms with Crippen molar-refractivity contribution in [3.63, 3.8) is 0 Å². The van der Waals surface area contributed by atoms with Crippen LogP contribution in [0.4, 0.5) is 0 Å². The summed E-state index contributed by atoms with van der Waals surface area (Å²) in [6.45, 7) is 2.66. The van der Waals surface area contributed by atoms with Gasteiger partial charge in [0.05, 0.1) is 4.90 Å². The summed E-state index contributed by atoms with van der Waals surface area (Å²) in [5.41, 5.74) is 5.89. The fourth-order valence-electron chi connectivity index (χ4n) is 4.26. The first-order valence-electron chi connectivity index (χ1n) is 10.9. The standard InChI is InChI=1S/C23H23N3O7S/c1-14-16-5-2-3-7-18(16)33-21(14)23(28)25-24-22(27)17-6-4-10-26(17)34(29,30)15-8-9-19-20(13-15)32-12-11-31-19/h2-3,5,7-9,13,17H,4,6,10-12H2,1H3,(H,24,27)(H,25,28). The highest BCUT2D eigenvalue weighted by Crippen LogP contribution is 2.35. The van der Waals surface area contributed by atoms with Crippen molar-refractivity contribution in [3.05, 3.63) is 53.8 Å². The Labute approximate surface area is 195 Å². The van der Waals surface area contributed by atoms with Crippen LogP contribution in [0.2, 0.25) is 0 Å².